The number of halogens is 4. The first-order valence-corrected chi connectivity index (χ1v) is 5.21. The molecule has 6 heteroatoms. The second-order valence-corrected chi connectivity index (χ2v) is 3.73. The van der Waals surface area contributed by atoms with E-state index in [1.165, 1.54) is 12.1 Å². The lowest BCUT2D eigenvalue weighted by Gasteiger charge is -2.11. The Kier molecular flexibility index (Phi) is 3.33. The minimum absolute atomic E-state index is 0.438. The third-order valence-corrected chi connectivity index (χ3v) is 2.49. The Bertz CT molecular complexity index is 622. The van der Waals surface area contributed by atoms with Crippen molar-refractivity contribution in [2.45, 2.75) is 6.18 Å². The number of hydrogen-bond donors (Lipinski definition) is 0. The fourth-order valence-electron chi connectivity index (χ4n) is 1.63. The molecule has 0 saturated carbocycles. The third kappa shape index (κ3) is 2.62. The van der Waals surface area contributed by atoms with E-state index in [1.807, 2.05) is 0 Å². The van der Waals surface area contributed by atoms with Crippen LogP contribution in [-0.4, -0.2) is 10.8 Å². The van der Waals surface area contributed by atoms with Crippen LogP contribution in [0, 0.1) is 5.82 Å². The first-order chi connectivity index (χ1) is 8.91. The second kappa shape index (κ2) is 4.79. The zero-order valence-corrected chi connectivity index (χ0v) is 9.41. The minimum Gasteiger partial charge on any atom is -0.288 e. The molecule has 2 nitrogen and oxygen atoms in total. The molecule has 0 aliphatic rings. The Morgan fingerprint density at radius 1 is 1.05 bits per heavy atom. The van der Waals surface area contributed by atoms with Gasteiger partial charge in [0.25, 0.3) is 0 Å². The van der Waals surface area contributed by atoms with Gasteiger partial charge in [-0.2, -0.15) is 13.2 Å². The minimum atomic E-state index is -4.67. The number of hydrogen-bond acceptors (Lipinski definition) is 2. The van der Waals surface area contributed by atoms with E-state index < -0.39 is 34.5 Å². The number of carbonyl (C=O) groups is 1. The Morgan fingerprint density at radius 2 is 1.74 bits per heavy atom. The van der Waals surface area contributed by atoms with Gasteiger partial charge in [0.15, 0.2) is 11.6 Å². The average Bonchev–Trinajstić information content (AvgIpc) is 2.37. The molecule has 0 bridgehead atoms. The Morgan fingerprint density at radius 3 is 2.37 bits per heavy atom. The van der Waals surface area contributed by atoms with Gasteiger partial charge in [0.2, 0.25) is 0 Å². The van der Waals surface area contributed by atoms with E-state index in [9.17, 15) is 22.4 Å². The average molecular weight is 269 g/mol. The second-order valence-electron chi connectivity index (χ2n) is 3.73. The molecule has 19 heavy (non-hydrogen) atoms. The molecular formula is C13H7F4NO. The van der Waals surface area contributed by atoms with Crippen molar-refractivity contribution < 1.29 is 22.4 Å². The van der Waals surface area contributed by atoms with Gasteiger partial charge in [-0.25, -0.2) is 4.39 Å². The van der Waals surface area contributed by atoms with Crippen LogP contribution in [0.5, 0.6) is 0 Å². The monoisotopic (exact) mass is 269 g/mol. The Hall–Kier alpha value is -2.24. The van der Waals surface area contributed by atoms with E-state index >= 15 is 0 Å². The molecule has 2 aromatic rings. The van der Waals surface area contributed by atoms with Gasteiger partial charge in [0.05, 0.1) is 17.3 Å². The highest BCUT2D eigenvalue weighted by Gasteiger charge is 2.35. The maximum absolute atomic E-state index is 13.4. The number of pyridine rings is 1. The van der Waals surface area contributed by atoms with Gasteiger partial charge < -0.3 is 0 Å². The molecule has 1 aromatic heterocycles. The van der Waals surface area contributed by atoms with E-state index in [-0.39, 0.29) is 0 Å². The van der Waals surface area contributed by atoms with Gasteiger partial charge >= 0.3 is 6.18 Å². The fourth-order valence-corrected chi connectivity index (χ4v) is 1.63. The zero-order chi connectivity index (χ0) is 14.0. The summed E-state index contributed by atoms with van der Waals surface area (Å²) in [5.74, 6) is -1.97. The molecule has 2 rings (SSSR count). The smallest absolute Gasteiger partial charge is 0.288 e. The first kappa shape index (κ1) is 13.2. The molecule has 98 valence electrons. The van der Waals surface area contributed by atoms with Crippen molar-refractivity contribution in [3.8, 4) is 0 Å². The number of benzene rings is 1. The predicted molar refractivity (Wildman–Crippen MR) is 59.1 cm³/mol. The van der Waals surface area contributed by atoms with Crippen molar-refractivity contribution >= 4 is 5.78 Å². The summed E-state index contributed by atoms with van der Waals surface area (Å²) in [6, 6.07) is 5.31. The lowest BCUT2D eigenvalue weighted by Crippen LogP contribution is -2.14. The van der Waals surface area contributed by atoms with Crippen LogP contribution in [0.3, 0.4) is 0 Å². The number of carbonyl (C=O) groups excluding carboxylic acids is 1. The van der Waals surface area contributed by atoms with Gasteiger partial charge in [0.1, 0.15) is 0 Å². The van der Waals surface area contributed by atoms with Gasteiger partial charge in [0, 0.05) is 11.8 Å². The van der Waals surface area contributed by atoms with Crippen molar-refractivity contribution in [2.75, 3.05) is 0 Å². The summed E-state index contributed by atoms with van der Waals surface area (Å²) in [5.41, 5.74) is -2.11. The summed E-state index contributed by atoms with van der Waals surface area (Å²) in [6.45, 7) is 0. The highest BCUT2D eigenvalue weighted by molar-refractivity contribution is 6.10. The highest BCUT2D eigenvalue weighted by atomic mass is 19.4. The molecule has 0 aliphatic heterocycles. The molecule has 0 aliphatic carbocycles. The van der Waals surface area contributed by atoms with Crippen molar-refractivity contribution in [2.24, 2.45) is 0 Å². The molecule has 0 amide bonds. The molecule has 0 atom stereocenters. The topological polar surface area (TPSA) is 30.0 Å². The standard InChI is InChI=1S/C13H7F4NO/c14-11-7-18-6-5-9(11)12(19)8-3-1-2-4-10(8)13(15,16)17/h1-7H. The van der Waals surface area contributed by atoms with Crippen LogP contribution in [-0.2, 0) is 6.18 Å². The lowest BCUT2D eigenvalue weighted by molar-refractivity contribution is -0.137. The van der Waals surface area contributed by atoms with E-state index in [1.54, 1.807) is 0 Å². The van der Waals surface area contributed by atoms with E-state index in [4.69, 9.17) is 0 Å². The lowest BCUT2D eigenvalue weighted by atomic mass is 9.98. The molecular weight excluding hydrogens is 262 g/mol. The summed E-state index contributed by atoms with van der Waals surface area (Å²) in [5, 5.41) is 0. The molecule has 1 aromatic carbocycles. The highest BCUT2D eigenvalue weighted by Crippen LogP contribution is 2.32. The Balaban J connectivity index is 2.55. The summed E-state index contributed by atoms with van der Waals surface area (Å²) in [4.78, 5) is 15.4. The van der Waals surface area contributed by atoms with Gasteiger partial charge in [-0.15, -0.1) is 0 Å². The molecule has 1 heterocycles. The van der Waals surface area contributed by atoms with E-state index in [0.29, 0.717) is 0 Å². The van der Waals surface area contributed by atoms with Gasteiger partial charge in [-0.3, -0.25) is 9.78 Å². The third-order valence-electron chi connectivity index (χ3n) is 2.49. The Labute approximate surface area is 105 Å². The first-order valence-electron chi connectivity index (χ1n) is 5.21. The summed E-state index contributed by atoms with van der Waals surface area (Å²) >= 11 is 0. The van der Waals surface area contributed by atoms with Crippen molar-refractivity contribution in [3.05, 3.63) is 65.2 Å². The van der Waals surface area contributed by atoms with Crippen LogP contribution >= 0.6 is 0 Å². The van der Waals surface area contributed by atoms with Crippen LogP contribution in [0.25, 0.3) is 0 Å². The predicted octanol–water partition coefficient (Wildman–Crippen LogP) is 3.47. The maximum atomic E-state index is 13.4. The molecule has 0 fully saturated rings. The van der Waals surface area contributed by atoms with Crippen molar-refractivity contribution in [1.29, 1.82) is 0 Å². The number of aromatic nitrogens is 1. The zero-order valence-electron chi connectivity index (χ0n) is 9.41. The number of alkyl halides is 3. The van der Waals surface area contributed by atoms with E-state index in [2.05, 4.69) is 4.98 Å². The number of ketones is 1. The largest absolute Gasteiger partial charge is 0.417 e. The fraction of sp³-hybridized carbons (Fsp3) is 0.0769. The van der Waals surface area contributed by atoms with Crippen molar-refractivity contribution in [3.63, 3.8) is 0 Å². The van der Waals surface area contributed by atoms with Crippen LogP contribution in [0.2, 0.25) is 0 Å². The van der Waals surface area contributed by atoms with Crippen molar-refractivity contribution in [1.82, 2.24) is 4.98 Å². The number of rotatable bonds is 2. The quantitative estimate of drug-likeness (QED) is 0.617. The van der Waals surface area contributed by atoms with Crippen LogP contribution in [0.15, 0.2) is 42.7 Å². The van der Waals surface area contributed by atoms with Crippen LogP contribution in [0.1, 0.15) is 21.5 Å². The summed E-state index contributed by atoms with van der Waals surface area (Å²) < 4.78 is 51.7. The normalized spacial score (nSPS) is 11.4. The SMILES string of the molecule is O=C(c1ccncc1F)c1ccccc1C(F)(F)F. The molecule has 0 saturated heterocycles. The molecule has 0 unspecified atom stereocenters. The molecule has 0 spiro atoms. The van der Waals surface area contributed by atoms with Gasteiger partial charge in [-0.05, 0) is 12.1 Å². The molecule has 0 N–H and O–H groups in total. The molecule has 0 radical (unpaired) electrons. The van der Waals surface area contributed by atoms with Crippen LogP contribution < -0.4 is 0 Å². The number of nitrogens with zero attached hydrogens (tertiary/aromatic N) is 1. The maximum Gasteiger partial charge on any atom is 0.417 e. The summed E-state index contributed by atoms with van der Waals surface area (Å²) in [7, 11) is 0. The van der Waals surface area contributed by atoms with Crippen LogP contribution in [0.4, 0.5) is 17.6 Å². The summed E-state index contributed by atoms with van der Waals surface area (Å²) in [6.07, 6.45) is -2.74. The van der Waals surface area contributed by atoms with Gasteiger partial charge in [-0.1, -0.05) is 18.2 Å². The van der Waals surface area contributed by atoms with E-state index in [0.717, 1.165) is 30.6 Å².